The number of hydrogen-bond donors (Lipinski definition) is 1. The summed E-state index contributed by atoms with van der Waals surface area (Å²) in [6.45, 7) is 1.89. The maximum absolute atomic E-state index is 12.5. The van der Waals surface area contributed by atoms with Gasteiger partial charge in [0.1, 0.15) is 4.90 Å². The Morgan fingerprint density at radius 2 is 1.54 bits per heavy atom. The highest BCUT2D eigenvalue weighted by Crippen LogP contribution is 2.22. The smallest absolute Gasteiger partial charge is 0.339 e. The third kappa shape index (κ3) is 4.49. The fourth-order valence-corrected chi connectivity index (χ4v) is 3.18. The molecular weight excluding hydrogens is 348 g/mol. The number of aryl methyl sites for hydroxylation is 1. The highest BCUT2D eigenvalue weighted by Gasteiger charge is 2.17. The van der Waals surface area contributed by atoms with Gasteiger partial charge in [-0.15, -0.1) is 0 Å². The Balaban J connectivity index is 1.79. The van der Waals surface area contributed by atoms with E-state index in [0.717, 1.165) is 11.3 Å². The largest absolute Gasteiger partial charge is 0.378 e. The molecule has 6 heteroatoms. The lowest BCUT2D eigenvalue weighted by molar-refractivity contribution is 0.485. The van der Waals surface area contributed by atoms with E-state index in [-0.39, 0.29) is 10.6 Å². The summed E-state index contributed by atoms with van der Waals surface area (Å²) in [5.74, 6) is 0.215. The van der Waals surface area contributed by atoms with Crippen LogP contribution in [0.15, 0.2) is 88.9 Å². The number of nitrogens with one attached hydrogen (secondary N) is 1. The molecule has 0 amide bonds. The average molecular weight is 366 g/mol. The number of anilines is 1. The van der Waals surface area contributed by atoms with Crippen LogP contribution in [-0.4, -0.2) is 14.6 Å². The van der Waals surface area contributed by atoms with E-state index in [4.69, 9.17) is 4.18 Å². The minimum atomic E-state index is -3.91. The van der Waals surface area contributed by atoms with Gasteiger partial charge in [0.15, 0.2) is 5.75 Å². The molecule has 0 bridgehead atoms. The van der Waals surface area contributed by atoms with Crippen LogP contribution >= 0.6 is 0 Å². The monoisotopic (exact) mass is 366 g/mol. The molecule has 0 fully saturated rings. The first-order chi connectivity index (χ1) is 12.5. The molecule has 0 radical (unpaired) electrons. The van der Waals surface area contributed by atoms with Crippen LogP contribution in [0.3, 0.4) is 0 Å². The Morgan fingerprint density at radius 1 is 0.885 bits per heavy atom. The summed E-state index contributed by atoms with van der Waals surface area (Å²) in [5.41, 5.74) is 5.24. The van der Waals surface area contributed by atoms with Crippen molar-refractivity contribution in [2.45, 2.75) is 11.8 Å². The van der Waals surface area contributed by atoms with Gasteiger partial charge in [-0.05, 0) is 43.3 Å². The maximum Gasteiger partial charge on any atom is 0.339 e. The third-order valence-electron chi connectivity index (χ3n) is 3.60. The lowest BCUT2D eigenvalue weighted by atomic mass is 10.2. The number of hydrazone groups is 1. The molecule has 0 heterocycles. The van der Waals surface area contributed by atoms with Crippen molar-refractivity contribution in [3.8, 4) is 5.75 Å². The van der Waals surface area contributed by atoms with Crippen LogP contribution in [-0.2, 0) is 10.1 Å². The van der Waals surface area contributed by atoms with Crippen molar-refractivity contribution in [1.82, 2.24) is 0 Å². The fraction of sp³-hybridized carbons (Fsp3) is 0.0500. The molecule has 5 nitrogen and oxygen atoms in total. The Kier molecular flexibility index (Phi) is 5.34. The number of benzene rings is 3. The molecule has 0 aromatic heterocycles. The van der Waals surface area contributed by atoms with Crippen LogP contribution < -0.4 is 9.61 Å². The molecule has 0 saturated carbocycles. The number of hydrogen-bond acceptors (Lipinski definition) is 5. The molecule has 132 valence electrons. The fourth-order valence-electron chi connectivity index (χ4n) is 2.22. The summed E-state index contributed by atoms with van der Waals surface area (Å²) < 4.78 is 30.3. The molecular formula is C20H18N2O3S. The van der Waals surface area contributed by atoms with Crippen LogP contribution in [0.5, 0.6) is 5.75 Å². The van der Waals surface area contributed by atoms with E-state index in [0.29, 0.717) is 5.56 Å². The van der Waals surface area contributed by atoms with Gasteiger partial charge < -0.3 is 4.18 Å². The first-order valence-electron chi connectivity index (χ1n) is 7.99. The highest BCUT2D eigenvalue weighted by atomic mass is 32.2. The molecule has 0 aliphatic heterocycles. The van der Waals surface area contributed by atoms with Crippen molar-refractivity contribution in [3.05, 3.63) is 90.0 Å². The van der Waals surface area contributed by atoms with Gasteiger partial charge in [-0.25, -0.2) is 0 Å². The van der Waals surface area contributed by atoms with E-state index in [1.165, 1.54) is 18.3 Å². The Labute approximate surface area is 153 Å². The predicted octanol–water partition coefficient (Wildman–Crippen LogP) is 4.21. The quantitative estimate of drug-likeness (QED) is 0.403. The van der Waals surface area contributed by atoms with E-state index < -0.39 is 10.1 Å². The zero-order valence-electron chi connectivity index (χ0n) is 14.2. The topological polar surface area (TPSA) is 67.8 Å². The SMILES string of the molecule is Cc1ccc(S(=O)(=O)Oc2ccccc2/C=N/Nc2ccccc2)cc1. The Morgan fingerprint density at radius 3 is 2.27 bits per heavy atom. The summed E-state index contributed by atoms with van der Waals surface area (Å²) in [4.78, 5) is 0.109. The standard InChI is InChI=1S/C20H18N2O3S/c1-16-11-13-19(14-12-16)26(23,24)25-20-10-6-5-7-17(20)15-21-22-18-8-3-2-4-9-18/h2-15,22H,1H3/b21-15+. The van der Waals surface area contributed by atoms with Crippen molar-refractivity contribution in [2.24, 2.45) is 5.10 Å². The van der Waals surface area contributed by atoms with Crippen molar-refractivity contribution < 1.29 is 12.6 Å². The number of nitrogens with zero attached hydrogens (tertiary/aromatic N) is 1. The second kappa shape index (κ2) is 7.84. The lowest BCUT2D eigenvalue weighted by Gasteiger charge is -2.09. The van der Waals surface area contributed by atoms with Gasteiger partial charge in [-0.1, -0.05) is 48.0 Å². The van der Waals surface area contributed by atoms with E-state index in [9.17, 15) is 8.42 Å². The lowest BCUT2D eigenvalue weighted by Crippen LogP contribution is -2.11. The second-order valence-electron chi connectivity index (χ2n) is 5.62. The summed E-state index contributed by atoms with van der Waals surface area (Å²) in [5, 5.41) is 4.14. The molecule has 3 aromatic carbocycles. The summed E-state index contributed by atoms with van der Waals surface area (Å²) in [7, 11) is -3.91. The molecule has 3 rings (SSSR count). The normalized spacial score (nSPS) is 11.4. The van der Waals surface area contributed by atoms with Crippen molar-refractivity contribution in [1.29, 1.82) is 0 Å². The minimum absolute atomic E-state index is 0.109. The molecule has 0 atom stereocenters. The van der Waals surface area contributed by atoms with Gasteiger partial charge in [0, 0.05) is 5.56 Å². The van der Waals surface area contributed by atoms with Crippen LogP contribution in [0.2, 0.25) is 0 Å². The molecule has 0 spiro atoms. The molecule has 1 N–H and O–H groups in total. The van der Waals surface area contributed by atoms with Crippen LogP contribution in [0.4, 0.5) is 5.69 Å². The first kappa shape index (κ1) is 17.7. The number of para-hydroxylation sites is 2. The zero-order chi connectivity index (χ0) is 18.4. The Bertz CT molecular complexity index is 999. The van der Waals surface area contributed by atoms with Crippen molar-refractivity contribution in [2.75, 3.05) is 5.43 Å². The van der Waals surface area contributed by atoms with Crippen molar-refractivity contribution in [3.63, 3.8) is 0 Å². The predicted molar refractivity (Wildman–Crippen MR) is 103 cm³/mol. The van der Waals surface area contributed by atoms with E-state index >= 15 is 0 Å². The molecule has 26 heavy (non-hydrogen) atoms. The zero-order valence-corrected chi connectivity index (χ0v) is 15.0. The highest BCUT2D eigenvalue weighted by molar-refractivity contribution is 7.87. The molecule has 0 aliphatic rings. The van der Waals surface area contributed by atoms with Gasteiger partial charge >= 0.3 is 10.1 Å². The molecule has 3 aromatic rings. The van der Waals surface area contributed by atoms with Gasteiger partial charge in [0.25, 0.3) is 0 Å². The van der Waals surface area contributed by atoms with Gasteiger partial charge in [0.2, 0.25) is 0 Å². The van der Waals surface area contributed by atoms with E-state index in [1.54, 1.807) is 36.4 Å². The molecule has 0 unspecified atom stereocenters. The molecule has 0 saturated heterocycles. The maximum atomic E-state index is 12.5. The first-order valence-corrected chi connectivity index (χ1v) is 9.40. The van der Waals surface area contributed by atoms with Crippen molar-refractivity contribution >= 4 is 22.0 Å². The van der Waals surface area contributed by atoms with Gasteiger partial charge in [-0.3, -0.25) is 5.43 Å². The average Bonchev–Trinajstić information content (AvgIpc) is 2.64. The molecule has 0 aliphatic carbocycles. The van der Waals surface area contributed by atoms with E-state index in [1.807, 2.05) is 37.3 Å². The van der Waals surface area contributed by atoms with E-state index in [2.05, 4.69) is 10.5 Å². The summed E-state index contributed by atoms with van der Waals surface area (Å²) in [6.07, 6.45) is 1.52. The summed E-state index contributed by atoms with van der Waals surface area (Å²) >= 11 is 0. The Hall–Kier alpha value is -3.12. The van der Waals surface area contributed by atoms with Crippen LogP contribution in [0.25, 0.3) is 0 Å². The number of rotatable bonds is 6. The van der Waals surface area contributed by atoms with Gasteiger partial charge in [0.05, 0.1) is 11.9 Å². The van der Waals surface area contributed by atoms with Gasteiger partial charge in [-0.2, -0.15) is 13.5 Å². The summed E-state index contributed by atoms with van der Waals surface area (Å²) in [6, 6.07) is 22.8. The third-order valence-corrected chi connectivity index (χ3v) is 4.85. The van der Waals surface area contributed by atoms with Crippen LogP contribution in [0, 0.1) is 6.92 Å². The van der Waals surface area contributed by atoms with Crippen LogP contribution in [0.1, 0.15) is 11.1 Å². The second-order valence-corrected chi connectivity index (χ2v) is 7.17. The minimum Gasteiger partial charge on any atom is -0.378 e.